The van der Waals surface area contributed by atoms with Crippen molar-refractivity contribution in [3.8, 4) is 17.9 Å². The van der Waals surface area contributed by atoms with Crippen LogP contribution in [0.15, 0.2) is 47.3 Å². The van der Waals surface area contributed by atoms with Gasteiger partial charge in [0.05, 0.1) is 36.9 Å². The molecule has 1 unspecified atom stereocenters. The molecule has 1 aliphatic rings. The van der Waals surface area contributed by atoms with E-state index in [-0.39, 0.29) is 5.56 Å². The van der Waals surface area contributed by atoms with Crippen LogP contribution in [0.1, 0.15) is 42.5 Å². The molecule has 2 heterocycles. The number of aryl methyl sites for hydroxylation is 1. The van der Waals surface area contributed by atoms with Crippen molar-refractivity contribution in [3.05, 3.63) is 75.1 Å². The average molecular weight is 485 g/mol. The number of morpholine rings is 1. The van der Waals surface area contributed by atoms with Crippen LogP contribution in [-0.2, 0) is 23.0 Å². The summed E-state index contributed by atoms with van der Waals surface area (Å²) in [6.45, 7) is 8.77. The monoisotopic (exact) mass is 484 g/mol. The topological polar surface area (TPSA) is 102 Å². The molecule has 0 spiro atoms. The number of ether oxygens (including phenoxy) is 2. The first-order chi connectivity index (χ1) is 17.5. The lowest BCUT2D eigenvalue weighted by molar-refractivity contribution is 0.0358. The van der Waals surface area contributed by atoms with Crippen molar-refractivity contribution in [2.24, 2.45) is 0 Å². The van der Waals surface area contributed by atoms with E-state index in [1.165, 1.54) is 0 Å². The highest BCUT2D eigenvalue weighted by Crippen LogP contribution is 2.31. The quantitative estimate of drug-likeness (QED) is 0.459. The van der Waals surface area contributed by atoms with Crippen molar-refractivity contribution in [2.45, 2.75) is 38.5 Å². The van der Waals surface area contributed by atoms with Gasteiger partial charge < -0.3 is 14.5 Å². The number of benzene rings is 2. The van der Waals surface area contributed by atoms with Crippen LogP contribution in [0.5, 0.6) is 5.75 Å². The molecule has 0 amide bonds. The number of aromatic nitrogens is 1. The maximum absolute atomic E-state index is 12.3. The minimum Gasteiger partial charge on any atom is -0.492 e. The zero-order chi connectivity index (χ0) is 25.5. The van der Waals surface area contributed by atoms with Gasteiger partial charge >= 0.3 is 0 Å². The molecule has 1 N–H and O–H groups in total. The minimum absolute atomic E-state index is 0.0972. The molecule has 0 bridgehead atoms. The smallest absolute Gasteiger partial charge is 0.251 e. The summed E-state index contributed by atoms with van der Waals surface area (Å²) in [6, 6.07) is 17.9. The summed E-state index contributed by atoms with van der Waals surface area (Å²) in [4.78, 5) is 17.6. The fourth-order valence-electron chi connectivity index (χ4n) is 4.66. The van der Waals surface area contributed by atoms with Crippen LogP contribution in [0.25, 0.3) is 10.9 Å². The number of aromatic amines is 1. The Kier molecular flexibility index (Phi) is 8.05. The predicted molar refractivity (Wildman–Crippen MR) is 139 cm³/mol. The van der Waals surface area contributed by atoms with Crippen LogP contribution < -0.4 is 10.3 Å². The molecule has 1 aliphatic heterocycles. The highest BCUT2D eigenvalue weighted by molar-refractivity contribution is 5.80. The number of nitrogens with one attached hydrogen (secondary N) is 1. The summed E-state index contributed by atoms with van der Waals surface area (Å²) in [5.41, 5.74) is 2.70. The molecule has 186 valence electrons. The maximum Gasteiger partial charge on any atom is 0.251 e. The van der Waals surface area contributed by atoms with Crippen molar-refractivity contribution in [1.82, 2.24) is 9.88 Å². The van der Waals surface area contributed by atoms with Gasteiger partial charge in [-0.1, -0.05) is 25.1 Å². The molecule has 2 aromatic carbocycles. The molecule has 7 heteroatoms. The number of H-pyrrole nitrogens is 1. The molecule has 4 rings (SSSR count). The Balaban J connectivity index is 1.47. The Morgan fingerprint density at radius 3 is 2.67 bits per heavy atom. The number of pyridine rings is 1. The Hall–Kier alpha value is -3.65. The second-order valence-electron chi connectivity index (χ2n) is 9.50. The summed E-state index contributed by atoms with van der Waals surface area (Å²) in [5.74, 6) is 0.567. The molecule has 0 radical (unpaired) electrons. The van der Waals surface area contributed by atoms with Gasteiger partial charge in [-0.25, -0.2) is 0 Å². The molecular weight excluding hydrogens is 452 g/mol. The lowest BCUT2D eigenvalue weighted by Crippen LogP contribution is -2.37. The standard InChI is InChI=1S/C29H32N4O3/c1-3-22-16-23-6-7-25(17-26(23)32-28(22)34)29(2,20-31)18-21-5-8-27(24(15-21)19-30)36-12-4-9-33-10-13-35-14-11-33/h5-8,15-17H,3-4,9-14,18H2,1-2H3,(H,32,34). The SMILES string of the molecule is CCc1cc2ccc(C(C)(C#N)Cc3ccc(OCCCN4CCOCC4)c(C#N)c3)cc2[nH]c1=O. The van der Waals surface area contributed by atoms with Gasteiger partial charge in [-0.3, -0.25) is 9.69 Å². The summed E-state index contributed by atoms with van der Waals surface area (Å²) in [6.07, 6.45) is 1.97. The summed E-state index contributed by atoms with van der Waals surface area (Å²) >= 11 is 0. The first kappa shape index (κ1) is 25.4. The maximum atomic E-state index is 12.3. The van der Waals surface area contributed by atoms with Crippen molar-refractivity contribution < 1.29 is 9.47 Å². The van der Waals surface area contributed by atoms with E-state index in [9.17, 15) is 15.3 Å². The third-order valence-electron chi connectivity index (χ3n) is 6.89. The van der Waals surface area contributed by atoms with Gasteiger partial charge in [-0.2, -0.15) is 10.5 Å². The molecule has 0 saturated carbocycles. The van der Waals surface area contributed by atoms with Crippen LogP contribution in [0.4, 0.5) is 0 Å². The Morgan fingerprint density at radius 1 is 1.14 bits per heavy atom. The van der Waals surface area contributed by atoms with Crippen molar-refractivity contribution >= 4 is 10.9 Å². The second kappa shape index (κ2) is 11.4. The summed E-state index contributed by atoms with van der Waals surface area (Å²) in [5, 5.41) is 20.8. The van der Waals surface area contributed by atoms with Crippen LogP contribution in [-0.4, -0.2) is 49.3 Å². The molecule has 1 saturated heterocycles. The third-order valence-corrected chi connectivity index (χ3v) is 6.89. The van der Waals surface area contributed by atoms with Crippen molar-refractivity contribution in [3.63, 3.8) is 0 Å². The predicted octanol–water partition coefficient (Wildman–Crippen LogP) is 4.09. The lowest BCUT2D eigenvalue weighted by Gasteiger charge is -2.26. The zero-order valence-electron chi connectivity index (χ0n) is 21.0. The van der Waals surface area contributed by atoms with E-state index in [4.69, 9.17) is 9.47 Å². The number of rotatable bonds is 9. The molecule has 3 aromatic rings. The van der Waals surface area contributed by atoms with Crippen molar-refractivity contribution in [1.29, 1.82) is 10.5 Å². The number of nitriles is 2. The largest absolute Gasteiger partial charge is 0.492 e. The lowest BCUT2D eigenvalue weighted by atomic mass is 9.78. The third kappa shape index (κ3) is 5.76. The summed E-state index contributed by atoms with van der Waals surface area (Å²) < 4.78 is 11.3. The van der Waals surface area contributed by atoms with Gasteiger partial charge in [0.15, 0.2) is 0 Å². The number of hydrogen-bond acceptors (Lipinski definition) is 6. The molecule has 0 aliphatic carbocycles. The Labute approximate surface area is 211 Å². The van der Waals surface area contributed by atoms with Gasteiger partial charge in [-0.05, 0) is 67.0 Å². The number of nitrogens with zero attached hydrogens (tertiary/aromatic N) is 3. The van der Waals surface area contributed by atoms with E-state index in [2.05, 4.69) is 22.0 Å². The fraction of sp³-hybridized carbons (Fsp3) is 0.414. The van der Waals surface area contributed by atoms with Gasteiger partial charge in [0, 0.05) is 30.7 Å². The van der Waals surface area contributed by atoms with Crippen LogP contribution >= 0.6 is 0 Å². The Bertz CT molecular complexity index is 1360. The van der Waals surface area contributed by atoms with E-state index in [1.807, 2.05) is 56.3 Å². The molecular formula is C29H32N4O3. The van der Waals surface area contributed by atoms with Crippen LogP contribution in [0, 0.1) is 22.7 Å². The average Bonchev–Trinajstić information content (AvgIpc) is 2.91. The molecule has 1 aromatic heterocycles. The van der Waals surface area contributed by atoms with Crippen LogP contribution in [0.3, 0.4) is 0 Å². The molecule has 1 fully saturated rings. The highest BCUT2D eigenvalue weighted by atomic mass is 16.5. The number of hydrogen-bond donors (Lipinski definition) is 1. The normalized spacial score (nSPS) is 15.7. The molecule has 1 atom stereocenters. The van der Waals surface area contributed by atoms with E-state index >= 15 is 0 Å². The van der Waals surface area contributed by atoms with E-state index in [0.29, 0.717) is 30.8 Å². The van der Waals surface area contributed by atoms with E-state index in [0.717, 1.165) is 66.9 Å². The number of fused-ring (bicyclic) bond motifs is 1. The minimum atomic E-state index is -0.832. The van der Waals surface area contributed by atoms with Crippen molar-refractivity contribution in [2.75, 3.05) is 39.5 Å². The van der Waals surface area contributed by atoms with E-state index < -0.39 is 5.41 Å². The first-order valence-electron chi connectivity index (χ1n) is 12.5. The first-order valence-corrected chi connectivity index (χ1v) is 12.5. The van der Waals surface area contributed by atoms with Gasteiger partial charge in [-0.15, -0.1) is 0 Å². The molecule has 7 nitrogen and oxygen atoms in total. The second-order valence-corrected chi connectivity index (χ2v) is 9.50. The molecule has 36 heavy (non-hydrogen) atoms. The Morgan fingerprint density at radius 2 is 1.94 bits per heavy atom. The summed E-state index contributed by atoms with van der Waals surface area (Å²) in [7, 11) is 0. The van der Waals surface area contributed by atoms with Gasteiger partial charge in [0.2, 0.25) is 0 Å². The fourth-order valence-corrected chi connectivity index (χ4v) is 4.66. The zero-order valence-corrected chi connectivity index (χ0v) is 21.0. The highest BCUT2D eigenvalue weighted by Gasteiger charge is 2.28. The van der Waals surface area contributed by atoms with Gasteiger partial charge in [0.25, 0.3) is 5.56 Å². The van der Waals surface area contributed by atoms with E-state index in [1.54, 1.807) is 0 Å². The van der Waals surface area contributed by atoms with Crippen LogP contribution in [0.2, 0.25) is 0 Å². The van der Waals surface area contributed by atoms with Gasteiger partial charge in [0.1, 0.15) is 11.8 Å².